The predicted octanol–water partition coefficient (Wildman–Crippen LogP) is 6.18. The van der Waals surface area contributed by atoms with E-state index in [1.165, 1.54) is 22.3 Å². The largest absolute Gasteiger partial charge is 0.238 e. The second kappa shape index (κ2) is 7.77. The summed E-state index contributed by atoms with van der Waals surface area (Å²) in [6.45, 7) is 6.41. The van der Waals surface area contributed by atoms with Crippen molar-refractivity contribution in [2.24, 2.45) is 0 Å². The SMILES string of the molecule is Cc1nn(-c2ccc(C#N)cc2)c(C)c1C(C)c1ccc(-c2ccccc2)cc1. The van der Waals surface area contributed by atoms with Crippen molar-refractivity contribution in [3.63, 3.8) is 0 Å². The molecular weight excluding hydrogens is 354 g/mol. The molecule has 0 aliphatic heterocycles. The average Bonchev–Trinajstić information content (AvgIpc) is 3.08. The van der Waals surface area contributed by atoms with Crippen molar-refractivity contribution in [2.75, 3.05) is 0 Å². The van der Waals surface area contributed by atoms with Gasteiger partial charge in [0.15, 0.2) is 0 Å². The van der Waals surface area contributed by atoms with Crippen LogP contribution in [0.1, 0.15) is 40.9 Å². The first-order valence-electron chi connectivity index (χ1n) is 9.80. The first-order chi connectivity index (χ1) is 14.1. The van der Waals surface area contributed by atoms with Crippen LogP contribution in [0.15, 0.2) is 78.9 Å². The summed E-state index contributed by atoms with van der Waals surface area (Å²) in [6.07, 6.45) is 0. The molecule has 4 aromatic rings. The number of hydrogen-bond donors (Lipinski definition) is 0. The van der Waals surface area contributed by atoms with Gasteiger partial charge in [0.25, 0.3) is 0 Å². The molecular formula is C26H23N3. The number of hydrogen-bond acceptors (Lipinski definition) is 2. The van der Waals surface area contributed by atoms with Crippen LogP contribution in [0, 0.1) is 25.2 Å². The highest BCUT2D eigenvalue weighted by atomic mass is 15.3. The average molecular weight is 377 g/mol. The standard InChI is InChI=1S/C26H23N3/c1-18(22-11-13-24(14-12-22)23-7-5-4-6-8-23)26-19(2)28-29(20(26)3)25-15-9-21(17-27)10-16-25/h4-16,18H,1-3H3. The van der Waals surface area contributed by atoms with Crippen LogP contribution < -0.4 is 0 Å². The summed E-state index contributed by atoms with van der Waals surface area (Å²) in [5.74, 6) is 0.243. The van der Waals surface area contributed by atoms with E-state index in [4.69, 9.17) is 10.4 Å². The molecule has 0 amide bonds. The van der Waals surface area contributed by atoms with Gasteiger partial charge in [-0.3, -0.25) is 0 Å². The second-order valence-corrected chi connectivity index (χ2v) is 7.36. The molecule has 3 heteroatoms. The van der Waals surface area contributed by atoms with Gasteiger partial charge in [0, 0.05) is 17.2 Å². The normalized spacial score (nSPS) is 11.8. The molecule has 0 aliphatic rings. The van der Waals surface area contributed by atoms with Gasteiger partial charge in [-0.05, 0) is 54.8 Å². The van der Waals surface area contributed by atoms with Gasteiger partial charge in [-0.1, -0.05) is 61.5 Å². The first kappa shape index (κ1) is 18.7. The van der Waals surface area contributed by atoms with Crippen LogP contribution in [-0.4, -0.2) is 9.78 Å². The molecule has 0 N–H and O–H groups in total. The van der Waals surface area contributed by atoms with E-state index in [0.29, 0.717) is 5.56 Å². The maximum absolute atomic E-state index is 9.02. The van der Waals surface area contributed by atoms with E-state index in [9.17, 15) is 0 Å². The number of rotatable bonds is 4. The van der Waals surface area contributed by atoms with Gasteiger partial charge in [0.1, 0.15) is 0 Å². The molecule has 3 aromatic carbocycles. The van der Waals surface area contributed by atoms with Crippen LogP contribution in [0.3, 0.4) is 0 Å². The van der Waals surface area contributed by atoms with Crippen molar-refractivity contribution in [2.45, 2.75) is 26.7 Å². The van der Waals surface area contributed by atoms with Gasteiger partial charge >= 0.3 is 0 Å². The summed E-state index contributed by atoms with van der Waals surface area (Å²) in [5.41, 5.74) is 8.77. The molecule has 1 aromatic heterocycles. The maximum atomic E-state index is 9.02. The van der Waals surface area contributed by atoms with Gasteiger partial charge in [-0.2, -0.15) is 10.4 Å². The number of nitrogens with zero attached hydrogens (tertiary/aromatic N) is 3. The van der Waals surface area contributed by atoms with Crippen molar-refractivity contribution in [3.05, 3.63) is 107 Å². The predicted molar refractivity (Wildman–Crippen MR) is 117 cm³/mol. The maximum Gasteiger partial charge on any atom is 0.0991 e. The molecule has 0 fully saturated rings. The van der Waals surface area contributed by atoms with Crippen LogP contribution in [0.2, 0.25) is 0 Å². The van der Waals surface area contributed by atoms with Gasteiger partial charge in [-0.15, -0.1) is 0 Å². The fourth-order valence-corrected chi connectivity index (χ4v) is 3.97. The lowest BCUT2D eigenvalue weighted by atomic mass is 9.90. The molecule has 3 nitrogen and oxygen atoms in total. The molecule has 0 bridgehead atoms. The third-order valence-electron chi connectivity index (χ3n) is 5.54. The van der Waals surface area contributed by atoms with E-state index in [1.807, 2.05) is 35.0 Å². The van der Waals surface area contributed by atoms with Crippen LogP contribution in [0.4, 0.5) is 0 Å². The van der Waals surface area contributed by atoms with E-state index >= 15 is 0 Å². The van der Waals surface area contributed by atoms with Gasteiger partial charge in [-0.25, -0.2) is 4.68 Å². The lowest BCUT2D eigenvalue weighted by Crippen LogP contribution is -2.02. The molecule has 142 valence electrons. The van der Waals surface area contributed by atoms with Gasteiger partial charge in [0.05, 0.1) is 23.0 Å². The molecule has 1 heterocycles. The minimum atomic E-state index is 0.243. The Balaban J connectivity index is 1.66. The highest BCUT2D eigenvalue weighted by molar-refractivity contribution is 5.63. The molecule has 1 atom stereocenters. The number of aromatic nitrogens is 2. The summed E-state index contributed by atoms with van der Waals surface area (Å²) in [4.78, 5) is 0. The van der Waals surface area contributed by atoms with Crippen molar-refractivity contribution in [1.82, 2.24) is 9.78 Å². The smallest absolute Gasteiger partial charge is 0.0991 e. The van der Waals surface area contributed by atoms with Crippen molar-refractivity contribution >= 4 is 0 Å². The summed E-state index contributed by atoms with van der Waals surface area (Å²) < 4.78 is 1.97. The Labute approximate surface area is 171 Å². The number of nitriles is 1. The Hall–Kier alpha value is -3.64. The van der Waals surface area contributed by atoms with Gasteiger partial charge in [0.2, 0.25) is 0 Å². The van der Waals surface area contributed by atoms with Crippen LogP contribution in [0.5, 0.6) is 0 Å². The second-order valence-electron chi connectivity index (χ2n) is 7.36. The number of aryl methyl sites for hydroxylation is 1. The molecule has 0 radical (unpaired) electrons. The monoisotopic (exact) mass is 377 g/mol. The summed E-state index contributed by atoms with van der Waals surface area (Å²) in [6, 6.07) is 29.0. The highest BCUT2D eigenvalue weighted by Gasteiger charge is 2.19. The van der Waals surface area contributed by atoms with Crippen LogP contribution in [0.25, 0.3) is 16.8 Å². The van der Waals surface area contributed by atoms with E-state index in [1.54, 1.807) is 0 Å². The lowest BCUT2D eigenvalue weighted by Gasteiger charge is -2.14. The zero-order valence-electron chi connectivity index (χ0n) is 16.9. The topological polar surface area (TPSA) is 41.6 Å². The Morgan fingerprint density at radius 1 is 0.828 bits per heavy atom. The van der Waals surface area contributed by atoms with E-state index < -0.39 is 0 Å². The Kier molecular flexibility index (Phi) is 5.01. The molecule has 0 saturated carbocycles. The van der Waals surface area contributed by atoms with Crippen LogP contribution in [-0.2, 0) is 0 Å². The summed E-state index contributed by atoms with van der Waals surface area (Å²) in [5, 5.41) is 13.8. The van der Waals surface area contributed by atoms with E-state index in [-0.39, 0.29) is 5.92 Å². The molecule has 4 rings (SSSR count). The van der Waals surface area contributed by atoms with Crippen molar-refractivity contribution in [3.8, 4) is 22.9 Å². The van der Waals surface area contributed by atoms with E-state index in [2.05, 4.69) is 75.4 Å². The molecule has 0 aliphatic carbocycles. The minimum Gasteiger partial charge on any atom is -0.238 e. The molecule has 0 spiro atoms. The van der Waals surface area contributed by atoms with Crippen molar-refractivity contribution in [1.29, 1.82) is 5.26 Å². The highest BCUT2D eigenvalue weighted by Crippen LogP contribution is 2.32. The third-order valence-corrected chi connectivity index (χ3v) is 5.54. The zero-order valence-corrected chi connectivity index (χ0v) is 16.9. The molecule has 0 saturated heterocycles. The van der Waals surface area contributed by atoms with Crippen LogP contribution >= 0.6 is 0 Å². The summed E-state index contributed by atoms with van der Waals surface area (Å²) in [7, 11) is 0. The quantitative estimate of drug-likeness (QED) is 0.426. The molecule has 1 unspecified atom stereocenters. The fourth-order valence-electron chi connectivity index (χ4n) is 3.97. The Morgan fingerprint density at radius 3 is 2.07 bits per heavy atom. The number of benzene rings is 3. The lowest BCUT2D eigenvalue weighted by molar-refractivity contribution is 0.829. The Morgan fingerprint density at radius 2 is 1.45 bits per heavy atom. The fraction of sp³-hybridized carbons (Fsp3) is 0.154. The Bertz CT molecular complexity index is 1160. The minimum absolute atomic E-state index is 0.243. The summed E-state index contributed by atoms with van der Waals surface area (Å²) >= 11 is 0. The van der Waals surface area contributed by atoms with E-state index in [0.717, 1.165) is 17.1 Å². The van der Waals surface area contributed by atoms with Gasteiger partial charge < -0.3 is 0 Å². The van der Waals surface area contributed by atoms with Crippen molar-refractivity contribution < 1.29 is 0 Å². The zero-order chi connectivity index (χ0) is 20.4. The first-order valence-corrected chi connectivity index (χ1v) is 9.80. The molecule has 29 heavy (non-hydrogen) atoms. The third kappa shape index (κ3) is 3.58.